The van der Waals surface area contributed by atoms with Crippen molar-refractivity contribution in [2.24, 2.45) is 0 Å². The van der Waals surface area contributed by atoms with Crippen LogP contribution in [0.15, 0.2) is 12.7 Å². The van der Waals surface area contributed by atoms with Crippen LogP contribution < -0.4 is 5.32 Å². The van der Waals surface area contributed by atoms with Gasteiger partial charge in [0.1, 0.15) is 0 Å². The number of carbonyl (C=O) groups is 1. The lowest BCUT2D eigenvalue weighted by Gasteiger charge is -2.12. The summed E-state index contributed by atoms with van der Waals surface area (Å²) in [6, 6.07) is 1.02. The van der Waals surface area contributed by atoms with Crippen LogP contribution in [0.2, 0.25) is 19.1 Å². The molecule has 0 aromatic rings. The highest BCUT2D eigenvalue weighted by molar-refractivity contribution is 6.69. The normalized spacial score (nSPS) is 11.2. The number of unbranched alkanes of at least 4 members (excludes halogenated alkanes) is 5. The summed E-state index contributed by atoms with van der Waals surface area (Å²) in [4.78, 5) is 20.5. The molecule has 0 heterocycles. The summed E-state index contributed by atoms with van der Waals surface area (Å²) in [5, 5.41) is 2.77. The fraction of sp³-hybridized carbons (Fsp3) is 0.769. The van der Waals surface area contributed by atoms with Crippen LogP contribution in [0.3, 0.4) is 0 Å². The third kappa shape index (κ3) is 13.3. The van der Waals surface area contributed by atoms with E-state index in [1.807, 2.05) is 13.1 Å². The Morgan fingerprint density at radius 3 is 2.24 bits per heavy atom. The molecule has 0 bridgehead atoms. The lowest BCUT2D eigenvalue weighted by atomic mass is 10.1. The minimum Gasteiger partial charge on any atom is -0.432 e. The first kappa shape index (κ1) is 16.4. The lowest BCUT2D eigenvalue weighted by Crippen LogP contribution is -2.23. The average molecular weight is 257 g/mol. The Bertz CT molecular complexity index is 224. The van der Waals surface area contributed by atoms with Crippen LogP contribution in [0.5, 0.6) is 0 Å². The van der Waals surface area contributed by atoms with Crippen molar-refractivity contribution >= 4 is 14.2 Å². The van der Waals surface area contributed by atoms with E-state index in [0.29, 0.717) is 0 Å². The minimum atomic E-state index is -1.81. The van der Waals surface area contributed by atoms with E-state index in [1.165, 1.54) is 25.3 Å². The molecule has 0 aromatic carbocycles. The van der Waals surface area contributed by atoms with Gasteiger partial charge in [0.25, 0.3) is 0 Å². The third-order valence-electron chi connectivity index (χ3n) is 2.70. The van der Waals surface area contributed by atoms with Gasteiger partial charge in [0.05, 0.1) is 0 Å². The van der Waals surface area contributed by atoms with Gasteiger partial charge in [-0.3, -0.25) is 4.79 Å². The zero-order valence-corrected chi connectivity index (χ0v) is 12.3. The third-order valence-corrected chi connectivity index (χ3v) is 4.28. The second-order valence-electron chi connectivity index (χ2n) is 5.18. The van der Waals surface area contributed by atoms with Crippen LogP contribution in [0.1, 0.15) is 38.5 Å². The molecule has 17 heavy (non-hydrogen) atoms. The Kier molecular flexibility index (Phi) is 9.08. The molecule has 0 unspecified atom stereocenters. The number of hydrogen-bond acceptors (Lipinski definition) is 2. The molecule has 100 valence electrons. The first-order chi connectivity index (χ1) is 7.95. The van der Waals surface area contributed by atoms with Gasteiger partial charge in [0.15, 0.2) is 8.32 Å². The number of amides is 1. The van der Waals surface area contributed by atoms with Crippen molar-refractivity contribution in [1.82, 2.24) is 5.32 Å². The average Bonchev–Trinajstić information content (AvgIpc) is 2.25. The zero-order valence-electron chi connectivity index (χ0n) is 11.3. The summed E-state index contributed by atoms with van der Waals surface area (Å²) < 4.78 is 0. The Balaban J connectivity index is 3.14. The highest BCUT2D eigenvalue weighted by Gasteiger charge is 2.14. The number of hydrogen-bond donors (Lipinski definition) is 2. The maximum atomic E-state index is 10.8. The fourth-order valence-electron chi connectivity index (χ4n) is 1.67. The Hall–Kier alpha value is -0.613. The molecule has 2 N–H and O–H groups in total. The van der Waals surface area contributed by atoms with Gasteiger partial charge in [0, 0.05) is 6.54 Å². The van der Waals surface area contributed by atoms with Crippen LogP contribution in [0.25, 0.3) is 0 Å². The number of nitrogens with one attached hydrogen (secondary N) is 1. The maximum Gasteiger partial charge on any atom is 0.243 e. The van der Waals surface area contributed by atoms with Gasteiger partial charge >= 0.3 is 0 Å². The second kappa shape index (κ2) is 9.42. The fourth-order valence-corrected chi connectivity index (χ4v) is 2.79. The molecule has 0 saturated carbocycles. The van der Waals surface area contributed by atoms with Gasteiger partial charge in [-0.15, -0.1) is 0 Å². The highest BCUT2D eigenvalue weighted by Crippen LogP contribution is 2.13. The van der Waals surface area contributed by atoms with E-state index in [9.17, 15) is 9.59 Å². The molecule has 0 saturated heterocycles. The van der Waals surface area contributed by atoms with E-state index in [4.69, 9.17) is 0 Å². The summed E-state index contributed by atoms with van der Waals surface area (Å²) in [6.45, 7) is 8.14. The Morgan fingerprint density at radius 2 is 1.71 bits per heavy atom. The SMILES string of the molecule is C=CC(=O)NCCCCCCCC[Si](C)(C)O. The second-order valence-corrected chi connectivity index (χ2v) is 9.30. The van der Waals surface area contributed by atoms with Crippen LogP contribution in [0, 0.1) is 0 Å². The monoisotopic (exact) mass is 257 g/mol. The maximum absolute atomic E-state index is 10.8. The Morgan fingerprint density at radius 1 is 1.18 bits per heavy atom. The quantitative estimate of drug-likeness (QED) is 0.359. The molecular weight excluding hydrogens is 230 g/mol. The molecule has 0 radical (unpaired) electrons. The van der Waals surface area contributed by atoms with Crippen LogP contribution in [-0.2, 0) is 4.79 Å². The van der Waals surface area contributed by atoms with Gasteiger partial charge in [-0.25, -0.2) is 0 Å². The van der Waals surface area contributed by atoms with E-state index < -0.39 is 8.32 Å². The summed E-state index contributed by atoms with van der Waals surface area (Å²) in [5.41, 5.74) is 0. The number of carbonyl (C=O) groups excluding carboxylic acids is 1. The highest BCUT2D eigenvalue weighted by atomic mass is 28.4. The smallest absolute Gasteiger partial charge is 0.243 e. The topological polar surface area (TPSA) is 49.3 Å². The molecule has 0 spiro atoms. The van der Waals surface area contributed by atoms with Crippen molar-refractivity contribution < 1.29 is 9.59 Å². The molecule has 0 rings (SSSR count). The molecule has 0 fully saturated rings. The molecule has 0 atom stereocenters. The summed E-state index contributed by atoms with van der Waals surface area (Å²) >= 11 is 0. The van der Waals surface area contributed by atoms with Crippen molar-refractivity contribution in [2.45, 2.75) is 57.7 Å². The van der Waals surface area contributed by atoms with Gasteiger partial charge < -0.3 is 10.1 Å². The van der Waals surface area contributed by atoms with Gasteiger partial charge in [-0.05, 0) is 31.6 Å². The Labute approximate surface area is 106 Å². The van der Waals surface area contributed by atoms with E-state index in [1.54, 1.807) is 0 Å². The van der Waals surface area contributed by atoms with Crippen molar-refractivity contribution in [3.63, 3.8) is 0 Å². The standard InChI is InChI=1S/C13H27NO2Si/c1-4-13(15)14-11-9-7-5-6-8-10-12-17(2,3)16/h4,16H,1,5-12H2,2-3H3,(H,14,15). The first-order valence-corrected chi connectivity index (χ1v) is 9.74. The zero-order chi connectivity index (χ0) is 13.1. The molecule has 4 heteroatoms. The lowest BCUT2D eigenvalue weighted by molar-refractivity contribution is -0.116. The molecule has 3 nitrogen and oxygen atoms in total. The van der Waals surface area contributed by atoms with Gasteiger partial charge in [0.2, 0.25) is 5.91 Å². The predicted octanol–water partition coefficient (Wildman–Crippen LogP) is 2.83. The molecule has 0 aromatic heterocycles. The van der Waals surface area contributed by atoms with E-state index in [-0.39, 0.29) is 5.91 Å². The number of rotatable bonds is 10. The van der Waals surface area contributed by atoms with Gasteiger partial charge in [-0.1, -0.05) is 38.7 Å². The molecule has 0 aliphatic carbocycles. The molecule has 0 aliphatic rings. The van der Waals surface area contributed by atoms with Crippen molar-refractivity contribution in [2.75, 3.05) is 6.54 Å². The molecule has 1 amide bonds. The van der Waals surface area contributed by atoms with Crippen molar-refractivity contribution in [1.29, 1.82) is 0 Å². The molecule has 0 aliphatic heterocycles. The summed E-state index contributed by atoms with van der Waals surface area (Å²) in [6.07, 6.45) is 8.34. The molecular formula is C13H27NO2Si. The van der Waals surface area contributed by atoms with E-state index in [0.717, 1.165) is 31.9 Å². The van der Waals surface area contributed by atoms with Crippen molar-refractivity contribution in [3.05, 3.63) is 12.7 Å². The minimum absolute atomic E-state index is 0.0832. The summed E-state index contributed by atoms with van der Waals surface area (Å²) in [7, 11) is -1.81. The van der Waals surface area contributed by atoms with Crippen molar-refractivity contribution in [3.8, 4) is 0 Å². The largest absolute Gasteiger partial charge is 0.432 e. The van der Waals surface area contributed by atoms with E-state index >= 15 is 0 Å². The first-order valence-electron chi connectivity index (χ1n) is 6.58. The van der Waals surface area contributed by atoms with Crippen LogP contribution in [0.4, 0.5) is 0 Å². The summed E-state index contributed by atoms with van der Waals surface area (Å²) in [5.74, 6) is -0.0832. The van der Waals surface area contributed by atoms with Crippen LogP contribution in [-0.4, -0.2) is 25.6 Å². The van der Waals surface area contributed by atoms with Gasteiger partial charge in [-0.2, -0.15) is 0 Å². The van der Waals surface area contributed by atoms with Crippen LogP contribution >= 0.6 is 0 Å². The van der Waals surface area contributed by atoms with E-state index in [2.05, 4.69) is 11.9 Å². The predicted molar refractivity (Wildman–Crippen MR) is 75.4 cm³/mol.